The van der Waals surface area contributed by atoms with Gasteiger partial charge in [0.2, 0.25) is 0 Å². The van der Waals surface area contributed by atoms with Crippen molar-refractivity contribution in [3.63, 3.8) is 0 Å². The molecule has 0 fully saturated rings. The maximum absolute atomic E-state index is 13.1. The van der Waals surface area contributed by atoms with Gasteiger partial charge in [-0.25, -0.2) is 9.59 Å². The Kier molecular flexibility index (Phi) is 12.3. The molecule has 0 spiro atoms. The normalized spacial score (nSPS) is 14.0. The van der Waals surface area contributed by atoms with Gasteiger partial charge in [-0.3, -0.25) is 4.79 Å². The first kappa shape index (κ1) is 31.4. The lowest BCUT2D eigenvalue weighted by Crippen LogP contribution is -2.52. The smallest absolute Gasteiger partial charge is 0.330 e. The zero-order chi connectivity index (χ0) is 28.2. The molecule has 0 bridgehead atoms. The highest BCUT2D eigenvalue weighted by atomic mass is 32.2. The van der Waals surface area contributed by atoms with Crippen LogP contribution < -0.4 is 0 Å². The lowest BCUT2D eigenvalue weighted by Gasteiger charge is -2.31. The van der Waals surface area contributed by atoms with Gasteiger partial charge in [0.25, 0.3) is 0 Å². The number of aliphatic hydroxyl groups is 2. The van der Waals surface area contributed by atoms with Crippen LogP contribution in [0.25, 0.3) is 0 Å². The summed E-state index contributed by atoms with van der Waals surface area (Å²) in [6, 6.07) is 14.8. The van der Waals surface area contributed by atoms with E-state index in [0.717, 1.165) is 33.1 Å². The number of hydrogen-bond acceptors (Lipinski definition) is 9. The molecule has 2 rings (SSSR count). The quantitative estimate of drug-likeness (QED) is 0.136. The van der Waals surface area contributed by atoms with Gasteiger partial charge < -0.3 is 19.7 Å². The Hall–Kier alpha value is -2.85. The topological polar surface area (TPSA) is 110 Å². The molecule has 2 aromatic carbocycles. The zero-order valence-corrected chi connectivity index (χ0v) is 23.3. The SMILES string of the molecule is C=CC(=O)OCCSc1ccc(CC(C)(O)C(=O)C(C)(O)Cc2ccc(SCCOC(=O)C=C)cc2)cc1. The van der Waals surface area contributed by atoms with E-state index in [2.05, 4.69) is 13.2 Å². The molecule has 0 aliphatic carbocycles. The summed E-state index contributed by atoms with van der Waals surface area (Å²) in [6.45, 7) is 10.1. The van der Waals surface area contributed by atoms with Crippen molar-refractivity contribution in [3.05, 3.63) is 85.0 Å². The summed E-state index contributed by atoms with van der Waals surface area (Å²) in [4.78, 5) is 37.2. The molecule has 9 heteroatoms. The molecule has 0 heterocycles. The van der Waals surface area contributed by atoms with Crippen molar-refractivity contribution < 1.29 is 34.1 Å². The molecule has 0 radical (unpaired) electrons. The Morgan fingerprint density at radius 2 is 1.08 bits per heavy atom. The average molecular weight is 559 g/mol. The van der Waals surface area contributed by atoms with Crippen LogP contribution in [0.3, 0.4) is 0 Å². The molecule has 0 amide bonds. The largest absolute Gasteiger partial charge is 0.462 e. The van der Waals surface area contributed by atoms with Gasteiger partial charge in [-0.15, -0.1) is 23.5 Å². The fourth-order valence-corrected chi connectivity index (χ4v) is 5.13. The first-order chi connectivity index (χ1) is 18.0. The first-order valence-corrected chi connectivity index (χ1v) is 14.0. The number of esters is 2. The number of Topliss-reactive ketones (excluding diaryl/α,β-unsaturated/α-hetero) is 1. The average Bonchev–Trinajstić information content (AvgIpc) is 2.89. The molecule has 38 heavy (non-hydrogen) atoms. The Bertz CT molecular complexity index is 1020. The van der Waals surface area contributed by atoms with E-state index in [1.54, 1.807) is 0 Å². The van der Waals surface area contributed by atoms with Crippen molar-refractivity contribution in [1.82, 2.24) is 0 Å². The van der Waals surface area contributed by atoms with E-state index in [9.17, 15) is 24.6 Å². The Morgan fingerprint density at radius 1 is 0.737 bits per heavy atom. The Morgan fingerprint density at radius 3 is 1.39 bits per heavy atom. The van der Waals surface area contributed by atoms with Gasteiger partial charge in [-0.05, 0) is 49.2 Å². The number of benzene rings is 2. The lowest BCUT2D eigenvalue weighted by atomic mass is 9.80. The summed E-state index contributed by atoms with van der Waals surface area (Å²) >= 11 is 3.03. The van der Waals surface area contributed by atoms with Crippen LogP contribution in [0.5, 0.6) is 0 Å². The maximum Gasteiger partial charge on any atom is 0.330 e. The second-order valence-corrected chi connectivity index (χ2v) is 11.3. The molecule has 0 saturated heterocycles. The van der Waals surface area contributed by atoms with Gasteiger partial charge in [0.1, 0.15) is 24.4 Å². The highest BCUT2D eigenvalue weighted by Gasteiger charge is 2.42. The molecule has 2 aromatic rings. The van der Waals surface area contributed by atoms with Crippen LogP contribution in [-0.4, -0.2) is 63.9 Å². The molecule has 0 saturated carbocycles. The highest BCUT2D eigenvalue weighted by molar-refractivity contribution is 7.99. The van der Waals surface area contributed by atoms with E-state index in [4.69, 9.17) is 9.47 Å². The number of hydrogen-bond donors (Lipinski definition) is 2. The summed E-state index contributed by atoms with van der Waals surface area (Å²) < 4.78 is 9.90. The van der Waals surface area contributed by atoms with Crippen LogP contribution in [0, 0.1) is 0 Å². The molecule has 0 aliphatic heterocycles. The first-order valence-electron chi connectivity index (χ1n) is 12.0. The van der Waals surface area contributed by atoms with Crippen LogP contribution in [0.1, 0.15) is 25.0 Å². The third-order valence-corrected chi connectivity index (χ3v) is 7.40. The maximum atomic E-state index is 13.1. The van der Waals surface area contributed by atoms with Gasteiger partial charge >= 0.3 is 11.9 Å². The van der Waals surface area contributed by atoms with Gasteiger partial charge in [0, 0.05) is 46.3 Å². The van der Waals surface area contributed by atoms with Crippen molar-refractivity contribution in [2.45, 2.75) is 47.7 Å². The van der Waals surface area contributed by atoms with Crippen molar-refractivity contribution in [2.24, 2.45) is 0 Å². The predicted molar refractivity (Wildman–Crippen MR) is 150 cm³/mol. The minimum atomic E-state index is -1.77. The summed E-state index contributed by atoms with van der Waals surface area (Å²) in [5.41, 5.74) is -2.03. The number of ether oxygens (including phenoxy) is 2. The van der Waals surface area contributed by atoms with Gasteiger partial charge in [0.05, 0.1) is 0 Å². The van der Waals surface area contributed by atoms with Crippen molar-refractivity contribution >= 4 is 41.2 Å². The fourth-order valence-electron chi connectivity index (χ4n) is 3.66. The van der Waals surface area contributed by atoms with E-state index >= 15 is 0 Å². The fraction of sp³-hybridized carbons (Fsp3) is 0.345. The standard InChI is InChI=1S/C29H34O7S2/c1-5-25(30)35-15-17-37-23-11-7-21(8-12-23)19-28(3,33)27(32)29(4,34)20-22-9-13-24(14-10-22)38-18-16-36-26(31)6-2/h5-14,33-34H,1-2,15-20H2,3-4H3. The van der Waals surface area contributed by atoms with Gasteiger partial charge in [0.15, 0.2) is 5.78 Å². The van der Waals surface area contributed by atoms with E-state index in [1.165, 1.54) is 37.4 Å². The van der Waals surface area contributed by atoms with Crippen LogP contribution in [0.15, 0.2) is 83.6 Å². The van der Waals surface area contributed by atoms with Crippen molar-refractivity contribution in [1.29, 1.82) is 0 Å². The monoisotopic (exact) mass is 558 g/mol. The zero-order valence-electron chi connectivity index (χ0n) is 21.7. The number of carbonyl (C=O) groups is 3. The van der Waals surface area contributed by atoms with Gasteiger partial charge in [-0.2, -0.15) is 0 Å². The van der Waals surface area contributed by atoms with E-state index in [0.29, 0.717) is 11.5 Å². The minimum absolute atomic E-state index is 0.0515. The van der Waals surface area contributed by atoms with Crippen LogP contribution in [0.4, 0.5) is 0 Å². The second kappa shape index (κ2) is 14.9. The summed E-state index contributed by atoms with van der Waals surface area (Å²) in [6.07, 6.45) is 2.34. The Labute approximate surface area is 232 Å². The molecular weight excluding hydrogens is 524 g/mol. The van der Waals surface area contributed by atoms with Crippen molar-refractivity contribution in [3.8, 4) is 0 Å². The number of carbonyl (C=O) groups excluding carboxylic acids is 3. The van der Waals surface area contributed by atoms with Crippen LogP contribution in [-0.2, 0) is 36.7 Å². The third-order valence-electron chi connectivity index (χ3n) is 5.45. The highest BCUT2D eigenvalue weighted by Crippen LogP contribution is 2.27. The number of thioether (sulfide) groups is 2. The van der Waals surface area contributed by atoms with Crippen molar-refractivity contribution in [2.75, 3.05) is 24.7 Å². The van der Waals surface area contributed by atoms with E-state index in [-0.39, 0.29) is 26.1 Å². The molecule has 2 unspecified atom stereocenters. The molecule has 0 aliphatic rings. The molecule has 2 atom stereocenters. The summed E-state index contributed by atoms with van der Waals surface area (Å²) in [7, 11) is 0. The van der Waals surface area contributed by atoms with Crippen LogP contribution >= 0.6 is 23.5 Å². The molecule has 0 aromatic heterocycles. The predicted octanol–water partition coefficient (Wildman–Crippen LogP) is 4.19. The second-order valence-electron chi connectivity index (χ2n) is 8.96. The third kappa shape index (κ3) is 10.5. The van der Waals surface area contributed by atoms with E-state index < -0.39 is 28.9 Å². The van der Waals surface area contributed by atoms with Crippen LogP contribution in [0.2, 0.25) is 0 Å². The number of rotatable bonds is 16. The van der Waals surface area contributed by atoms with E-state index in [1.807, 2.05) is 48.5 Å². The molecular formula is C29H34O7S2. The van der Waals surface area contributed by atoms with Gasteiger partial charge in [-0.1, -0.05) is 37.4 Å². The number of ketones is 1. The summed E-state index contributed by atoms with van der Waals surface area (Å²) in [5.74, 6) is -0.401. The lowest BCUT2D eigenvalue weighted by molar-refractivity contribution is -0.153. The molecule has 2 N–H and O–H groups in total. The molecule has 204 valence electrons. The Balaban J connectivity index is 1.89. The minimum Gasteiger partial charge on any atom is -0.462 e. The summed E-state index contributed by atoms with van der Waals surface area (Å²) in [5, 5.41) is 21.9. The molecule has 7 nitrogen and oxygen atoms in total.